The molecule has 1 aromatic rings. The van der Waals surface area contributed by atoms with Gasteiger partial charge in [-0.05, 0) is 64.0 Å². The molecule has 3 aliphatic heterocycles. The first-order valence-corrected chi connectivity index (χ1v) is 10.7. The van der Waals surface area contributed by atoms with Crippen molar-refractivity contribution in [2.24, 2.45) is 5.92 Å². The highest BCUT2D eigenvalue weighted by atomic mass is 16.5. The SMILES string of the molecule is CNC1NC(Nc2cc3c(c(C4=CCN(C)CCC4)c2)OCC3)NC(C)C1C. The fourth-order valence-corrected chi connectivity index (χ4v) is 4.55. The topological polar surface area (TPSA) is 60.6 Å². The van der Waals surface area contributed by atoms with Gasteiger partial charge in [0, 0.05) is 35.8 Å². The van der Waals surface area contributed by atoms with Gasteiger partial charge in [0.15, 0.2) is 0 Å². The number of ether oxygens (including phenoxy) is 1. The molecular formula is C22H35N5O. The van der Waals surface area contributed by atoms with Gasteiger partial charge in [0.05, 0.1) is 12.8 Å². The lowest BCUT2D eigenvalue weighted by atomic mass is 9.96. The lowest BCUT2D eigenvalue weighted by molar-refractivity contribution is 0.176. The van der Waals surface area contributed by atoms with Gasteiger partial charge in [-0.15, -0.1) is 0 Å². The number of hydrogen-bond donors (Lipinski definition) is 4. The molecule has 28 heavy (non-hydrogen) atoms. The van der Waals surface area contributed by atoms with Crippen LogP contribution in [0.2, 0.25) is 0 Å². The minimum Gasteiger partial charge on any atom is -0.492 e. The Kier molecular flexibility index (Phi) is 5.92. The Bertz CT molecular complexity index is 734. The fraction of sp³-hybridized carbons (Fsp3) is 0.636. The normalized spacial score (nSPS) is 30.9. The Morgan fingerprint density at radius 2 is 2.04 bits per heavy atom. The van der Waals surface area contributed by atoms with Crippen LogP contribution >= 0.6 is 0 Å². The molecule has 4 N–H and O–H groups in total. The standard InChI is InChI=1S/C22H35N5O/c1-14-15(2)24-22(26-21(14)23-3)25-18-12-17-8-11-28-20(17)19(13-18)16-6-5-9-27(4)10-7-16/h7,12-15,21-26H,5-6,8-11H2,1-4H3. The highest BCUT2D eigenvalue weighted by Crippen LogP contribution is 2.39. The van der Waals surface area contributed by atoms with Crippen molar-refractivity contribution in [3.05, 3.63) is 29.3 Å². The molecular weight excluding hydrogens is 350 g/mol. The predicted molar refractivity (Wildman–Crippen MR) is 116 cm³/mol. The summed E-state index contributed by atoms with van der Waals surface area (Å²) in [6.45, 7) is 7.46. The number of hydrogen-bond acceptors (Lipinski definition) is 6. The highest BCUT2D eigenvalue weighted by molar-refractivity contribution is 5.76. The van der Waals surface area contributed by atoms with Gasteiger partial charge in [0.2, 0.25) is 0 Å². The van der Waals surface area contributed by atoms with Crippen molar-refractivity contribution in [2.75, 3.05) is 39.1 Å². The average Bonchev–Trinajstić information content (AvgIpc) is 3.04. The molecule has 1 fully saturated rings. The first kappa shape index (κ1) is 19.7. The molecule has 0 aromatic heterocycles. The van der Waals surface area contributed by atoms with E-state index in [0.717, 1.165) is 44.0 Å². The largest absolute Gasteiger partial charge is 0.492 e. The van der Waals surface area contributed by atoms with E-state index in [-0.39, 0.29) is 12.5 Å². The van der Waals surface area contributed by atoms with E-state index in [9.17, 15) is 0 Å². The Hall–Kier alpha value is -1.60. The second-order valence-corrected chi connectivity index (χ2v) is 8.53. The summed E-state index contributed by atoms with van der Waals surface area (Å²) in [5, 5.41) is 14.3. The van der Waals surface area contributed by atoms with Crippen molar-refractivity contribution in [3.8, 4) is 5.75 Å². The molecule has 1 saturated heterocycles. The molecule has 0 amide bonds. The van der Waals surface area contributed by atoms with Gasteiger partial charge < -0.3 is 20.3 Å². The molecule has 0 aliphatic carbocycles. The van der Waals surface area contributed by atoms with Gasteiger partial charge >= 0.3 is 0 Å². The number of benzene rings is 1. The molecule has 4 atom stereocenters. The summed E-state index contributed by atoms with van der Waals surface area (Å²) in [6.07, 6.45) is 5.99. The van der Waals surface area contributed by atoms with Crippen LogP contribution < -0.4 is 26.0 Å². The number of allylic oxidation sites excluding steroid dienone is 1. The van der Waals surface area contributed by atoms with Crippen LogP contribution in [0.15, 0.2) is 18.2 Å². The van der Waals surface area contributed by atoms with Gasteiger partial charge in [-0.25, -0.2) is 0 Å². The molecule has 3 heterocycles. The zero-order valence-corrected chi connectivity index (χ0v) is 17.6. The number of rotatable bonds is 4. The van der Waals surface area contributed by atoms with Crippen LogP contribution in [0.4, 0.5) is 5.69 Å². The summed E-state index contributed by atoms with van der Waals surface area (Å²) in [5.74, 6) is 1.61. The van der Waals surface area contributed by atoms with E-state index < -0.39 is 0 Å². The maximum Gasteiger partial charge on any atom is 0.133 e. The molecule has 0 spiro atoms. The van der Waals surface area contributed by atoms with Gasteiger partial charge in [-0.3, -0.25) is 10.6 Å². The van der Waals surface area contributed by atoms with E-state index in [0.29, 0.717) is 12.0 Å². The molecule has 1 aromatic carbocycles. The van der Waals surface area contributed by atoms with Crippen molar-refractivity contribution < 1.29 is 4.74 Å². The quantitative estimate of drug-likeness (QED) is 0.637. The molecule has 154 valence electrons. The minimum absolute atomic E-state index is 0.0334. The van der Waals surface area contributed by atoms with E-state index in [2.05, 4.69) is 65.3 Å². The third-order valence-electron chi connectivity index (χ3n) is 6.48. The Morgan fingerprint density at radius 3 is 2.86 bits per heavy atom. The summed E-state index contributed by atoms with van der Waals surface area (Å²) in [6, 6.07) is 4.96. The fourth-order valence-electron chi connectivity index (χ4n) is 4.55. The van der Waals surface area contributed by atoms with Crippen LogP contribution in [0.1, 0.15) is 37.8 Å². The third-order valence-corrected chi connectivity index (χ3v) is 6.48. The third kappa shape index (κ3) is 4.06. The average molecular weight is 386 g/mol. The molecule has 4 rings (SSSR count). The monoisotopic (exact) mass is 385 g/mol. The smallest absolute Gasteiger partial charge is 0.133 e. The Balaban J connectivity index is 1.59. The summed E-state index contributed by atoms with van der Waals surface area (Å²) >= 11 is 0. The minimum atomic E-state index is 0.0334. The van der Waals surface area contributed by atoms with Crippen molar-refractivity contribution in [2.45, 2.75) is 51.6 Å². The zero-order valence-electron chi connectivity index (χ0n) is 17.6. The number of nitrogens with one attached hydrogen (secondary N) is 4. The van der Waals surface area contributed by atoms with Crippen LogP contribution in [0, 0.1) is 5.92 Å². The van der Waals surface area contributed by atoms with Crippen LogP contribution in [0.25, 0.3) is 5.57 Å². The van der Waals surface area contributed by atoms with E-state index in [1.165, 1.54) is 23.1 Å². The van der Waals surface area contributed by atoms with Crippen molar-refractivity contribution in [1.29, 1.82) is 0 Å². The van der Waals surface area contributed by atoms with E-state index >= 15 is 0 Å². The summed E-state index contributed by atoms with van der Waals surface area (Å²) in [7, 11) is 4.21. The van der Waals surface area contributed by atoms with Gasteiger partial charge in [0.1, 0.15) is 12.0 Å². The van der Waals surface area contributed by atoms with Crippen LogP contribution in [-0.4, -0.2) is 57.2 Å². The number of anilines is 1. The van der Waals surface area contributed by atoms with E-state index in [1.807, 2.05) is 7.05 Å². The maximum absolute atomic E-state index is 6.04. The van der Waals surface area contributed by atoms with Crippen LogP contribution in [-0.2, 0) is 6.42 Å². The first-order valence-electron chi connectivity index (χ1n) is 10.7. The van der Waals surface area contributed by atoms with Crippen molar-refractivity contribution >= 4 is 11.3 Å². The second kappa shape index (κ2) is 8.41. The second-order valence-electron chi connectivity index (χ2n) is 8.53. The first-order chi connectivity index (χ1) is 13.5. The molecule has 0 bridgehead atoms. The molecule has 0 radical (unpaired) electrons. The van der Waals surface area contributed by atoms with Crippen LogP contribution in [0.5, 0.6) is 5.75 Å². The molecule has 6 nitrogen and oxygen atoms in total. The molecule has 6 heteroatoms. The number of likely N-dealkylation sites (N-methyl/N-ethyl adjacent to an activating group) is 1. The molecule has 4 unspecified atom stereocenters. The molecule has 3 aliphatic rings. The lowest BCUT2D eigenvalue weighted by Crippen LogP contribution is -2.67. The summed E-state index contributed by atoms with van der Waals surface area (Å²) in [4.78, 5) is 2.38. The number of nitrogens with zero attached hydrogens (tertiary/aromatic N) is 1. The van der Waals surface area contributed by atoms with E-state index in [4.69, 9.17) is 4.74 Å². The molecule has 0 saturated carbocycles. The number of fused-ring (bicyclic) bond motifs is 1. The predicted octanol–water partition coefficient (Wildman–Crippen LogP) is 2.19. The Labute approximate surface area is 169 Å². The van der Waals surface area contributed by atoms with Crippen LogP contribution in [0.3, 0.4) is 0 Å². The maximum atomic E-state index is 6.04. The van der Waals surface area contributed by atoms with Crippen molar-refractivity contribution in [1.82, 2.24) is 20.9 Å². The Morgan fingerprint density at radius 1 is 1.18 bits per heavy atom. The summed E-state index contributed by atoms with van der Waals surface area (Å²) in [5.41, 5.74) is 5.17. The summed E-state index contributed by atoms with van der Waals surface area (Å²) < 4.78 is 6.04. The van der Waals surface area contributed by atoms with Crippen molar-refractivity contribution in [3.63, 3.8) is 0 Å². The van der Waals surface area contributed by atoms with E-state index in [1.54, 1.807) is 0 Å². The van der Waals surface area contributed by atoms with Gasteiger partial charge in [-0.2, -0.15) is 0 Å². The lowest BCUT2D eigenvalue weighted by Gasteiger charge is -2.41. The van der Waals surface area contributed by atoms with Gasteiger partial charge in [0.25, 0.3) is 0 Å². The zero-order chi connectivity index (χ0) is 19.7. The highest BCUT2D eigenvalue weighted by Gasteiger charge is 2.31. The van der Waals surface area contributed by atoms with Gasteiger partial charge in [-0.1, -0.05) is 13.0 Å².